The van der Waals surface area contributed by atoms with E-state index in [0.29, 0.717) is 0 Å². The van der Waals surface area contributed by atoms with Crippen LogP contribution in [0.5, 0.6) is 0 Å². The van der Waals surface area contributed by atoms with Gasteiger partial charge >= 0.3 is 0 Å². The first kappa shape index (κ1) is 7.10. The minimum absolute atomic E-state index is 0.882. The van der Waals surface area contributed by atoms with Crippen molar-refractivity contribution in [2.75, 3.05) is 5.73 Å². The molecule has 0 saturated carbocycles. The molecule has 0 fully saturated rings. The van der Waals surface area contributed by atoms with Crippen LogP contribution < -0.4 is 5.73 Å². The predicted molar refractivity (Wildman–Crippen MR) is 48.4 cm³/mol. The lowest BCUT2D eigenvalue weighted by atomic mass is 10.2. The molecule has 1 aliphatic rings. The summed E-state index contributed by atoms with van der Waals surface area (Å²) in [6.07, 6.45) is 5.17. The summed E-state index contributed by atoms with van der Waals surface area (Å²) in [4.78, 5) is 4.29. The second kappa shape index (κ2) is 2.48. The highest BCUT2D eigenvalue weighted by Gasteiger charge is 2.15. The number of halogens is 1. The van der Waals surface area contributed by atoms with Crippen LogP contribution in [0.4, 0.5) is 5.69 Å². The predicted octanol–water partition coefficient (Wildman–Crippen LogP) is 1.92. The molecule has 2 nitrogen and oxygen atoms in total. The first-order valence-corrected chi connectivity index (χ1v) is 4.50. The molecule has 0 amide bonds. The largest absolute Gasteiger partial charge is 0.397 e. The van der Waals surface area contributed by atoms with Gasteiger partial charge in [-0.2, -0.15) is 0 Å². The summed E-state index contributed by atoms with van der Waals surface area (Å²) in [6.45, 7) is 0. The number of aromatic nitrogens is 1. The molecule has 2 N–H and O–H groups in total. The van der Waals surface area contributed by atoms with Gasteiger partial charge < -0.3 is 5.73 Å². The Morgan fingerprint density at radius 1 is 1.45 bits per heavy atom. The maximum atomic E-state index is 5.85. The van der Waals surface area contributed by atoms with Crippen LogP contribution in [0.15, 0.2) is 10.7 Å². The third kappa shape index (κ3) is 1.03. The van der Waals surface area contributed by atoms with Crippen molar-refractivity contribution in [2.45, 2.75) is 19.3 Å². The van der Waals surface area contributed by atoms with Gasteiger partial charge in [-0.3, -0.25) is 4.98 Å². The first-order chi connectivity index (χ1) is 5.29. The second-order valence-corrected chi connectivity index (χ2v) is 3.65. The number of nitrogens with zero attached hydrogens (tertiary/aromatic N) is 1. The van der Waals surface area contributed by atoms with E-state index in [1.54, 1.807) is 6.20 Å². The standard InChI is InChI=1S/C8H9BrN2/c9-6-4-11-7-3-1-2-5(7)8(6)10/h4H,1-3H2,(H2,10,11). The lowest BCUT2D eigenvalue weighted by Crippen LogP contribution is -1.96. The number of pyridine rings is 1. The number of fused-ring (bicyclic) bond motifs is 1. The Morgan fingerprint density at radius 3 is 3.09 bits per heavy atom. The zero-order valence-corrected chi connectivity index (χ0v) is 7.69. The molecule has 0 aromatic carbocycles. The Kier molecular flexibility index (Phi) is 1.60. The zero-order valence-electron chi connectivity index (χ0n) is 6.10. The maximum absolute atomic E-state index is 5.85. The molecule has 0 radical (unpaired) electrons. The number of hydrogen-bond acceptors (Lipinski definition) is 2. The molecule has 1 heterocycles. The van der Waals surface area contributed by atoms with Crippen LogP contribution in [0.25, 0.3) is 0 Å². The Morgan fingerprint density at radius 2 is 2.27 bits per heavy atom. The van der Waals surface area contributed by atoms with E-state index in [2.05, 4.69) is 20.9 Å². The smallest absolute Gasteiger partial charge is 0.0591 e. The molecule has 0 saturated heterocycles. The average Bonchev–Trinajstić information content (AvgIpc) is 2.45. The van der Waals surface area contributed by atoms with E-state index in [9.17, 15) is 0 Å². The summed E-state index contributed by atoms with van der Waals surface area (Å²) in [5.41, 5.74) is 9.16. The molecule has 1 aliphatic carbocycles. The van der Waals surface area contributed by atoms with Crippen molar-refractivity contribution in [3.63, 3.8) is 0 Å². The molecular formula is C8H9BrN2. The monoisotopic (exact) mass is 212 g/mol. The van der Waals surface area contributed by atoms with Crippen molar-refractivity contribution in [2.24, 2.45) is 0 Å². The molecule has 1 aromatic rings. The molecule has 11 heavy (non-hydrogen) atoms. The molecule has 0 unspecified atom stereocenters. The fourth-order valence-corrected chi connectivity index (χ4v) is 1.85. The summed E-state index contributed by atoms with van der Waals surface area (Å²) >= 11 is 3.36. The molecule has 2 rings (SSSR count). The van der Waals surface area contributed by atoms with Gasteiger partial charge in [0.25, 0.3) is 0 Å². The summed E-state index contributed by atoms with van der Waals surface area (Å²) < 4.78 is 0.929. The fraction of sp³-hybridized carbons (Fsp3) is 0.375. The quantitative estimate of drug-likeness (QED) is 0.714. The zero-order chi connectivity index (χ0) is 7.84. The highest BCUT2D eigenvalue weighted by molar-refractivity contribution is 9.10. The normalized spacial score (nSPS) is 15.0. The van der Waals surface area contributed by atoms with Gasteiger partial charge in [0.15, 0.2) is 0 Å². The Hall–Kier alpha value is -0.570. The number of nitrogen functional groups attached to an aromatic ring is 1. The van der Waals surface area contributed by atoms with Crippen molar-refractivity contribution in [3.8, 4) is 0 Å². The van der Waals surface area contributed by atoms with E-state index in [-0.39, 0.29) is 0 Å². The summed E-state index contributed by atoms with van der Waals surface area (Å²) in [5.74, 6) is 0. The van der Waals surface area contributed by atoms with Gasteiger partial charge in [0.1, 0.15) is 0 Å². The molecule has 1 aromatic heterocycles. The van der Waals surface area contributed by atoms with Crippen LogP contribution in [0.3, 0.4) is 0 Å². The Balaban J connectivity index is 2.62. The number of nitrogens with two attached hydrogens (primary N) is 1. The van der Waals surface area contributed by atoms with Crippen molar-refractivity contribution < 1.29 is 0 Å². The van der Waals surface area contributed by atoms with Gasteiger partial charge in [0.05, 0.1) is 10.2 Å². The number of rotatable bonds is 0. The van der Waals surface area contributed by atoms with Crippen molar-refractivity contribution in [3.05, 3.63) is 21.9 Å². The second-order valence-electron chi connectivity index (χ2n) is 2.80. The summed E-state index contributed by atoms with van der Waals surface area (Å²) in [7, 11) is 0. The van der Waals surface area contributed by atoms with E-state index in [4.69, 9.17) is 5.73 Å². The topological polar surface area (TPSA) is 38.9 Å². The van der Waals surface area contributed by atoms with Crippen LogP contribution in [0.1, 0.15) is 17.7 Å². The summed E-state index contributed by atoms with van der Waals surface area (Å²) in [5, 5.41) is 0. The summed E-state index contributed by atoms with van der Waals surface area (Å²) in [6, 6.07) is 0. The van der Waals surface area contributed by atoms with Crippen LogP contribution >= 0.6 is 15.9 Å². The molecule has 58 valence electrons. The van der Waals surface area contributed by atoms with Crippen LogP contribution in [-0.4, -0.2) is 4.98 Å². The average molecular weight is 213 g/mol. The number of hydrogen-bond donors (Lipinski definition) is 1. The van der Waals surface area contributed by atoms with Crippen LogP contribution in [-0.2, 0) is 12.8 Å². The molecular weight excluding hydrogens is 204 g/mol. The van der Waals surface area contributed by atoms with Gasteiger partial charge in [-0.25, -0.2) is 0 Å². The van der Waals surface area contributed by atoms with Gasteiger partial charge in [-0.05, 0) is 40.8 Å². The van der Waals surface area contributed by atoms with Gasteiger partial charge in [0.2, 0.25) is 0 Å². The van der Waals surface area contributed by atoms with E-state index in [1.807, 2.05) is 0 Å². The third-order valence-corrected chi connectivity index (χ3v) is 2.74. The SMILES string of the molecule is Nc1c(Br)cnc2c1CCC2. The van der Waals surface area contributed by atoms with E-state index in [0.717, 1.165) is 23.0 Å². The van der Waals surface area contributed by atoms with Gasteiger partial charge in [-0.1, -0.05) is 0 Å². The third-order valence-electron chi connectivity index (χ3n) is 2.10. The maximum Gasteiger partial charge on any atom is 0.0591 e. The highest BCUT2D eigenvalue weighted by atomic mass is 79.9. The van der Waals surface area contributed by atoms with Crippen molar-refractivity contribution in [1.29, 1.82) is 0 Å². The lowest BCUT2D eigenvalue weighted by Gasteiger charge is -2.03. The van der Waals surface area contributed by atoms with Gasteiger partial charge in [0, 0.05) is 11.9 Å². The fourth-order valence-electron chi connectivity index (χ4n) is 1.51. The molecule has 0 atom stereocenters. The number of anilines is 1. The van der Waals surface area contributed by atoms with Crippen LogP contribution in [0.2, 0.25) is 0 Å². The van der Waals surface area contributed by atoms with Crippen molar-refractivity contribution >= 4 is 21.6 Å². The molecule has 0 aliphatic heterocycles. The molecule has 0 spiro atoms. The minimum atomic E-state index is 0.882. The van der Waals surface area contributed by atoms with E-state index >= 15 is 0 Å². The highest BCUT2D eigenvalue weighted by Crippen LogP contribution is 2.30. The first-order valence-electron chi connectivity index (χ1n) is 3.71. The number of aryl methyl sites for hydroxylation is 1. The van der Waals surface area contributed by atoms with Gasteiger partial charge in [-0.15, -0.1) is 0 Å². The minimum Gasteiger partial charge on any atom is -0.397 e. The van der Waals surface area contributed by atoms with E-state index < -0.39 is 0 Å². The van der Waals surface area contributed by atoms with Crippen LogP contribution in [0, 0.1) is 0 Å². The van der Waals surface area contributed by atoms with E-state index in [1.165, 1.54) is 17.7 Å². The Labute approximate surface area is 73.9 Å². The Bertz CT molecular complexity index is 296. The molecule has 3 heteroatoms. The lowest BCUT2D eigenvalue weighted by molar-refractivity contribution is 0.900. The van der Waals surface area contributed by atoms with Crippen molar-refractivity contribution in [1.82, 2.24) is 4.98 Å². The molecule has 0 bridgehead atoms.